The maximum Gasteiger partial charge on any atom is 0 e. The van der Waals surface area contributed by atoms with Crippen LogP contribution in [-0.2, 0) is 454 Å². The minimum absolute atomic E-state index is 0. The Balaban J connectivity index is -0.0000000000627. The molecule has 0 heterocycles. The van der Waals surface area contributed by atoms with E-state index in [-0.39, 0.29) is 468 Å². The molecule has 56 heteroatoms. The van der Waals surface area contributed by atoms with Crippen molar-refractivity contribution in [1.29, 1.82) is 0 Å². The second kappa shape index (κ2) is 1390. The molecular formula is H12Mo12N3O40P-72. The van der Waals surface area contributed by atoms with Crippen molar-refractivity contribution in [3.8, 4) is 0 Å². The van der Waals surface area contributed by atoms with Crippen LogP contribution in [0.1, 0.15) is 0 Å². The SMILES string of the molecule is O=P([O-])([O-])[O-].[Mo].[Mo].[Mo].[Mo].[Mo].[Mo].[Mo].[Mo].[Mo].[Mo].[Mo].[Mo].[NH4+].[NH4+].[NH4+].[O-2].[O-2].[O-2].[O-2].[O-2].[O-2].[O-2].[O-2].[O-2].[O-2].[O-2].[O-2].[O-2].[O-2].[O-2].[O-2].[O-2].[O-2].[O-2].[O-2].[O-2].[O-2].[O-2].[O-2].[O-2].[O-2].[O-2].[O-2].[O-2].[O-2].[O-2].[O-2].[O-2].[O-2].[O-2].[O-2]. The van der Waals surface area contributed by atoms with Gasteiger partial charge in [-0.15, -0.1) is 0 Å². The van der Waals surface area contributed by atoms with Crippen LogP contribution < -0.4 is 33.1 Å². The van der Waals surface area contributed by atoms with E-state index in [4.69, 9.17) is 19.2 Å². The fraction of sp³-hybridized carbons (Fsp3) is 0. The van der Waals surface area contributed by atoms with Crippen molar-refractivity contribution < 1.29 is 469 Å². The van der Waals surface area contributed by atoms with Crippen LogP contribution in [0.15, 0.2) is 0 Å². The molecule has 0 saturated carbocycles. The summed E-state index contributed by atoms with van der Waals surface area (Å²) in [5.41, 5.74) is 0. The number of phosphoric acid groups is 1. The van der Waals surface area contributed by atoms with Gasteiger partial charge in [-0.05, 0) is 0 Å². The second-order valence-electron chi connectivity index (χ2n) is 0.447. The minimum Gasteiger partial charge on any atom is -2.00 e. The van der Waals surface area contributed by atoms with Crippen molar-refractivity contribution in [3.63, 3.8) is 0 Å². The molecule has 0 radical (unpaired) electrons. The quantitative estimate of drug-likeness (QED) is 0.158. The third kappa shape index (κ3) is 4690. The molecule has 0 amide bonds. The van der Waals surface area contributed by atoms with E-state index in [2.05, 4.69) is 0 Å². The fourth-order valence-corrected chi connectivity index (χ4v) is 0. The summed E-state index contributed by atoms with van der Waals surface area (Å²) in [6, 6.07) is 0. The Kier molecular flexibility index (Phi) is 51100. The van der Waals surface area contributed by atoms with Crippen molar-refractivity contribution in [3.05, 3.63) is 0 Å². The summed E-state index contributed by atoms with van der Waals surface area (Å²) in [4.78, 5) is 25.6. The second-order valence-corrected chi connectivity index (χ2v) is 1.34. The first-order valence-corrected chi connectivity index (χ1v) is 2.19. The molecule has 0 atom stereocenters. The van der Waals surface area contributed by atoms with Gasteiger partial charge in [0, 0.05) is 253 Å². The summed E-state index contributed by atoms with van der Waals surface area (Å²) in [5, 5.41) is 0. The van der Waals surface area contributed by atoms with Gasteiger partial charge >= 0.3 is 0 Å². The molecule has 0 fully saturated rings. The third-order valence-electron chi connectivity index (χ3n) is 0. The van der Waals surface area contributed by atoms with Gasteiger partial charge in [0.05, 0.1) is 0 Å². The van der Waals surface area contributed by atoms with Gasteiger partial charge in [0.15, 0.2) is 0 Å². The van der Waals surface area contributed by atoms with Crippen molar-refractivity contribution in [2.45, 2.75) is 0 Å². The molecule has 0 spiro atoms. The van der Waals surface area contributed by atoms with Crippen LogP contribution in [0.25, 0.3) is 0 Å². The molecule has 0 aromatic carbocycles. The largest absolute Gasteiger partial charge is 2.00 e. The summed E-state index contributed by atoms with van der Waals surface area (Å²) in [7, 11) is -5.39. The van der Waals surface area contributed by atoms with Crippen LogP contribution in [0.2, 0.25) is 0 Å². The molecule has 0 rings (SSSR count). The molecule has 0 aliphatic carbocycles. The Morgan fingerprint density at radius 2 is 0.161 bits per heavy atom. The van der Waals surface area contributed by atoms with Crippen molar-refractivity contribution in [1.82, 2.24) is 18.5 Å². The molecule has 0 unspecified atom stereocenters. The van der Waals surface area contributed by atoms with Crippen molar-refractivity contribution in [2.75, 3.05) is 0 Å². The molecule has 43 nitrogen and oxygen atoms in total. The van der Waals surface area contributed by atoms with E-state index in [1.54, 1.807) is 0 Å². The van der Waals surface area contributed by atoms with Gasteiger partial charge in [-0.25, -0.2) is 0 Å². The molecule has 0 aromatic heterocycles. The Labute approximate surface area is 489 Å². The van der Waals surface area contributed by atoms with Crippen LogP contribution in [0.5, 0.6) is 0 Å². The normalized spacial score (nSPS) is 1.05. The monoisotopic (exact) mass is 1900 g/mol. The van der Waals surface area contributed by atoms with E-state index in [1.165, 1.54) is 0 Å². The number of rotatable bonds is 0. The molecule has 0 saturated heterocycles. The Bertz CT molecular complexity index is 111. The molecule has 0 aliphatic heterocycles. The molecule has 12 N–H and O–H groups in total. The van der Waals surface area contributed by atoms with Gasteiger partial charge in [0.2, 0.25) is 0 Å². The van der Waals surface area contributed by atoms with Crippen LogP contribution >= 0.6 is 7.82 Å². The zero-order valence-corrected chi connectivity index (χ0v) is 49.7. The average Bonchev–Trinajstić information content (AvgIpc) is 0.722. The van der Waals surface area contributed by atoms with Gasteiger partial charge in [-0.3, -0.25) is 0 Å². The average molecular weight is 1880 g/mol. The van der Waals surface area contributed by atoms with Crippen LogP contribution in [0.4, 0.5) is 0 Å². The van der Waals surface area contributed by atoms with Gasteiger partial charge in [0.1, 0.15) is 0 Å². The van der Waals surface area contributed by atoms with E-state index >= 15 is 0 Å². The number of hydrogen-bond donors (Lipinski definition) is 3. The van der Waals surface area contributed by atoms with Crippen LogP contribution in [0, 0.1) is 0 Å². The predicted molar refractivity (Wildman–Crippen MR) is 50.3 cm³/mol. The number of hydrogen-bond acceptors (Lipinski definition) is 4. The van der Waals surface area contributed by atoms with Gasteiger partial charge in [-0.1, -0.05) is 0 Å². The third-order valence-corrected chi connectivity index (χ3v) is 0. The van der Waals surface area contributed by atoms with Gasteiger partial charge < -0.3 is 235 Å². The smallest absolute Gasteiger partial charge is 0 e. The van der Waals surface area contributed by atoms with Crippen molar-refractivity contribution >= 4 is 7.82 Å². The zero-order valence-electron chi connectivity index (χ0n) is 24.7. The fourth-order valence-electron chi connectivity index (χ4n) is 0. The molecule has 56 heavy (non-hydrogen) atoms. The summed E-state index contributed by atoms with van der Waals surface area (Å²) in [5.74, 6) is 0. The molecular weight excluding hydrogens is 1860 g/mol. The summed E-state index contributed by atoms with van der Waals surface area (Å²) >= 11 is 0. The Hall–Kier alpha value is 6.81. The van der Waals surface area contributed by atoms with E-state index in [1.807, 2.05) is 0 Å². The van der Waals surface area contributed by atoms with E-state index in [0.29, 0.717) is 0 Å². The molecule has 0 aliphatic rings. The first kappa shape index (κ1) is 2050. The first-order chi connectivity index (χ1) is 2.00. The van der Waals surface area contributed by atoms with Crippen LogP contribution in [0.3, 0.4) is 0 Å². The summed E-state index contributed by atoms with van der Waals surface area (Å²) < 4.78 is 8.55. The molecule has 0 aromatic rings. The Morgan fingerprint density at radius 3 is 0.161 bits per heavy atom. The van der Waals surface area contributed by atoms with E-state index < -0.39 is 7.82 Å². The molecule has 0 bridgehead atoms. The molecule has 416 valence electrons. The minimum atomic E-state index is -5.39. The summed E-state index contributed by atoms with van der Waals surface area (Å²) in [6.07, 6.45) is 0. The van der Waals surface area contributed by atoms with Gasteiger partial charge in [0.25, 0.3) is 0 Å². The maximum atomic E-state index is 8.55. The zero-order chi connectivity index (χ0) is 4.50. The summed E-state index contributed by atoms with van der Waals surface area (Å²) in [6.45, 7) is 0. The predicted octanol–water partition coefficient (Wildman–Crippen LogP) is -6.00. The number of quaternary nitrogens is 3. The maximum absolute atomic E-state index is 8.55. The van der Waals surface area contributed by atoms with E-state index in [0.717, 1.165) is 0 Å². The first-order valence-electron chi connectivity index (χ1n) is 0.730. The Morgan fingerprint density at radius 1 is 0.161 bits per heavy atom. The van der Waals surface area contributed by atoms with Crippen LogP contribution in [-0.4, -0.2) is 0 Å². The van der Waals surface area contributed by atoms with Gasteiger partial charge in [-0.2, -0.15) is 7.82 Å². The van der Waals surface area contributed by atoms with Crippen molar-refractivity contribution in [2.24, 2.45) is 0 Å². The van der Waals surface area contributed by atoms with E-state index in [9.17, 15) is 0 Å². The topological polar surface area (TPSA) is 1220 Å². The standard InChI is InChI=1S/12Mo.3H3N.H3O4P.36O/c;;;;;;;;;;;;;;;1-5(2,3)4;;;;;;;;;;;;;;;;;;;;;;;;;;;;;;;;;;;;/h;;;;;;;;;;;;3*1H3;(H3,1,2,3,4);;;;;;;;;;;;;;;;;;;;;;;;;;;;;;;;;;;;/q;;;;;;;;;;;;;;;;36*-2.